The standard InChI is InChI=1S/C9H15NO3/c1-2-13-8(11)9-3-4-10-7(9)5-12-6-9/h7,10H,2-6H2,1H3. The quantitative estimate of drug-likeness (QED) is 0.612. The molecule has 0 aromatic rings. The van der Waals surface area contributed by atoms with Gasteiger partial charge in [0, 0.05) is 6.04 Å². The molecule has 0 aliphatic carbocycles. The van der Waals surface area contributed by atoms with E-state index in [1.54, 1.807) is 0 Å². The highest BCUT2D eigenvalue weighted by molar-refractivity contribution is 5.79. The maximum Gasteiger partial charge on any atom is 0.316 e. The number of carbonyl (C=O) groups excluding carboxylic acids is 1. The molecule has 0 saturated carbocycles. The smallest absolute Gasteiger partial charge is 0.316 e. The summed E-state index contributed by atoms with van der Waals surface area (Å²) >= 11 is 0. The summed E-state index contributed by atoms with van der Waals surface area (Å²) < 4.78 is 10.4. The molecule has 2 rings (SSSR count). The SMILES string of the molecule is CCOC(=O)C12CCNC1COC2. The average molecular weight is 185 g/mol. The van der Waals surface area contributed by atoms with Crippen molar-refractivity contribution in [3.63, 3.8) is 0 Å². The molecular formula is C9H15NO3. The number of carbonyl (C=O) groups is 1. The molecule has 4 heteroatoms. The van der Waals surface area contributed by atoms with Gasteiger partial charge in [0.1, 0.15) is 5.41 Å². The largest absolute Gasteiger partial charge is 0.465 e. The van der Waals surface area contributed by atoms with Gasteiger partial charge in [-0.05, 0) is 19.9 Å². The van der Waals surface area contributed by atoms with Crippen LogP contribution in [0.3, 0.4) is 0 Å². The second kappa shape index (κ2) is 3.27. The molecule has 1 N–H and O–H groups in total. The maximum atomic E-state index is 11.7. The van der Waals surface area contributed by atoms with E-state index in [2.05, 4.69) is 5.32 Å². The molecule has 74 valence electrons. The van der Waals surface area contributed by atoms with Crippen molar-refractivity contribution >= 4 is 5.97 Å². The second-order valence-corrected chi connectivity index (χ2v) is 3.65. The molecule has 0 spiro atoms. The van der Waals surface area contributed by atoms with Crippen molar-refractivity contribution < 1.29 is 14.3 Å². The summed E-state index contributed by atoms with van der Waals surface area (Å²) in [7, 11) is 0. The van der Waals surface area contributed by atoms with E-state index in [1.165, 1.54) is 0 Å². The lowest BCUT2D eigenvalue weighted by atomic mass is 9.83. The molecule has 2 aliphatic heterocycles. The first kappa shape index (κ1) is 8.97. The van der Waals surface area contributed by atoms with Gasteiger partial charge in [-0.25, -0.2) is 0 Å². The van der Waals surface area contributed by atoms with Crippen molar-refractivity contribution in [1.82, 2.24) is 5.32 Å². The molecule has 2 saturated heterocycles. The van der Waals surface area contributed by atoms with Gasteiger partial charge in [-0.2, -0.15) is 0 Å². The minimum Gasteiger partial charge on any atom is -0.465 e. The first-order valence-corrected chi connectivity index (χ1v) is 4.78. The number of hydrogen-bond acceptors (Lipinski definition) is 4. The van der Waals surface area contributed by atoms with Gasteiger partial charge in [0.2, 0.25) is 0 Å². The Labute approximate surface area is 77.6 Å². The lowest BCUT2D eigenvalue weighted by Crippen LogP contribution is -2.42. The Balaban J connectivity index is 2.12. The van der Waals surface area contributed by atoms with E-state index in [1.807, 2.05) is 6.92 Å². The molecule has 2 unspecified atom stereocenters. The normalized spacial score (nSPS) is 37.5. The van der Waals surface area contributed by atoms with Crippen LogP contribution in [0.2, 0.25) is 0 Å². The molecule has 4 nitrogen and oxygen atoms in total. The Morgan fingerprint density at radius 2 is 2.62 bits per heavy atom. The number of ether oxygens (including phenoxy) is 2. The lowest BCUT2D eigenvalue weighted by Gasteiger charge is -2.23. The van der Waals surface area contributed by atoms with E-state index in [4.69, 9.17) is 9.47 Å². The van der Waals surface area contributed by atoms with Gasteiger partial charge in [-0.15, -0.1) is 0 Å². The monoisotopic (exact) mass is 185 g/mol. The summed E-state index contributed by atoms with van der Waals surface area (Å²) in [4.78, 5) is 11.7. The van der Waals surface area contributed by atoms with Crippen LogP contribution in [0.4, 0.5) is 0 Å². The Morgan fingerprint density at radius 3 is 3.38 bits per heavy atom. The van der Waals surface area contributed by atoms with Crippen molar-refractivity contribution in [1.29, 1.82) is 0 Å². The number of nitrogens with one attached hydrogen (secondary N) is 1. The Bertz CT molecular complexity index is 207. The fraction of sp³-hybridized carbons (Fsp3) is 0.889. The summed E-state index contributed by atoms with van der Waals surface area (Å²) in [6.45, 7) is 4.34. The van der Waals surface area contributed by atoms with E-state index in [0.717, 1.165) is 13.0 Å². The van der Waals surface area contributed by atoms with Gasteiger partial charge in [0.05, 0.1) is 19.8 Å². The minimum absolute atomic E-state index is 0.0949. The van der Waals surface area contributed by atoms with Crippen molar-refractivity contribution in [3.8, 4) is 0 Å². The number of hydrogen-bond donors (Lipinski definition) is 1. The molecular weight excluding hydrogens is 170 g/mol. The Morgan fingerprint density at radius 1 is 1.77 bits per heavy atom. The summed E-state index contributed by atoms with van der Waals surface area (Å²) in [5, 5.41) is 3.27. The van der Waals surface area contributed by atoms with Gasteiger partial charge >= 0.3 is 5.97 Å². The van der Waals surface area contributed by atoms with Gasteiger partial charge in [0.25, 0.3) is 0 Å². The van der Waals surface area contributed by atoms with Crippen LogP contribution in [0.1, 0.15) is 13.3 Å². The third kappa shape index (κ3) is 1.25. The highest BCUT2D eigenvalue weighted by Gasteiger charge is 2.54. The van der Waals surface area contributed by atoms with Crippen LogP contribution in [-0.2, 0) is 14.3 Å². The Kier molecular flexibility index (Phi) is 2.26. The fourth-order valence-electron chi connectivity index (χ4n) is 2.17. The van der Waals surface area contributed by atoms with E-state index in [9.17, 15) is 4.79 Å². The third-order valence-electron chi connectivity index (χ3n) is 2.95. The summed E-state index contributed by atoms with van der Waals surface area (Å²) in [6.07, 6.45) is 0.844. The lowest BCUT2D eigenvalue weighted by molar-refractivity contribution is -0.155. The molecule has 2 fully saturated rings. The zero-order valence-electron chi connectivity index (χ0n) is 7.84. The zero-order valence-corrected chi connectivity index (χ0v) is 7.84. The topological polar surface area (TPSA) is 47.6 Å². The molecule has 0 bridgehead atoms. The molecule has 2 aliphatic rings. The number of rotatable bonds is 2. The fourth-order valence-corrected chi connectivity index (χ4v) is 2.17. The molecule has 0 aromatic carbocycles. The highest BCUT2D eigenvalue weighted by atomic mass is 16.5. The molecule has 13 heavy (non-hydrogen) atoms. The first-order valence-electron chi connectivity index (χ1n) is 4.78. The van der Waals surface area contributed by atoms with Gasteiger partial charge in [-0.3, -0.25) is 4.79 Å². The van der Waals surface area contributed by atoms with Gasteiger partial charge in [-0.1, -0.05) is 0 Å². The average Bonchev–Trinajstić information content (AvgIpc) is 2.61. The van der Waals surface area contributed by atoms with E-state index < -0.39 is 0 Å². The van der Waals surface area contributed by atoms with Crippen LogP contribution < -0.4 is 5.32 Å². The van der Waals surface area contributed by atoms with Crippen LogP contribution in [0.25, 0.3) is 0 Å². The van der Waals surface area contributed by atoms with Crippen LogP contribution in [0.5, 0.6) is 0 Å². The maximum absolute atomic E-state index is 11.7. The van der Waals surface area contributed by atoms with Gasteiger partial charge < -0.3 is 14.8 Å². The molecule has 0 amide bonds. The molecule has 0 aromatic heterocycles. The molecule has 2 heterocycles. The predicted octanol–water partition coefficient (Wildman–Crippen LogP) is -0.0720. The predicted molar refractivity (Wildman–Crippen MR) is 46.3 cm³/mol. The number of esters is 1. The van der Waals surface area contributed by atoms with Crippen molar-refractivity contribution in [2.24, 2.45) is 5.41 Å². The van der Waals surface area contributed by atoms with Crippen LogP contribution in [-0.4, -0.2) is 38.4 Å². The highest BCUT2D eigenvalue weighted by Crippen LogP contribution is 2.37. The number of fused-ring (bicyclic) bond motifs is 1. The molecule has 0 radical (unpaired) electrons. The summed E-state index contributed by atoms with van der Waals surface area (Å²) in [5.74, 6) is -0.0949. The van der Waals surface area contributed by atoms with Crippen molar-refractivity contribution in [3.05, 3.63) is 0 Å². The van der Waals surface area contributed by atoms with E-state index >= 15 is 0 Å². The van der Waals surface area contributed by atoms with E-state index in [0.29, 0.717) is 19.8 Å². The van der Waals surface area contributed by atoms with Crippen LogP contribution in [0.15, 0.2) is 0 Å². The zero-order chi connectivity index (χ0) is 9.31. The minimum atomic E-state index is -0.379. The third-order valence-corrected chi connectivity index (χ3v) is 2.95. The van der Waals surface area contributed by atoms with Crippen molar-refractivity contribution in [2.45, 2.75) is 19.4 Å². The van der Waals surface area contributed by atoms with Crippen LogP contribution in [0, 0.1) is 5.41 Å². The summed E-state index contributed by atoms with van der Waals surface area (Å²) in [6, 6.07) is 0.173. The van der Waals surface area contributed by atoms with Crippen LogP contribution >= 0.6 is 0 Å². The van der Waals surface area contributed by atoms with E-state index in [-0.39, 0.29) is 17.4 Å². The second-order valence-electron chi connectivity index (χ2n) is 3.65. The van der Waals surface area contributed by atoms with Crippen molar-refractivity contribution in [2.75, 3.05) is 26.4 Å². The first-order chi connectivity index (χ1) is 6.29. The van der Waals surface area contributed by atoms with Gasteiger partial charge in [0.15, 0.2) is 0 Å². The Hall–Kier alpha value is -0.610. The molecule has 2 atom stereocenters. The summed E-state index contributed by atoms with van der Waals surface area (Å²) in [5.41, 5.74) is -0.379.